The van der Waals surface area contributed by atoms with Crippen LogP contribution in [0, 0.1) is 0 Å². The Morgan fingerprint density at radius 1 is 1.40 bits per heavy atom. The second-order valence-corrected chi connectivity index (χ2v) is 4.64. The highest BCUT2D eigenvalue weighted by molar-refractivity contribution is 7.98. The van der Waals surface area contributed by atoms with E-state index >= 15 is 0 Å². The van der Waals surface area contributed by atoms with E-state index in [0.29, 0.717) is 10.8 Å². The number of anilines is 1. The number of nitrogen functional groups attached to an aromatic ring is 1. The highest BCUT2D eigenvalue weighted by atomic mass is 32.2. The van der Waals surface area contributed by atoms with Gasteiger partial charge >= 0.3 is 0 Å². The summed E-state index contributed by atoms with van der Waals surface area (Å²) in [6.07, 6.45) is 0. The van der Waals surface area contributed by atoms with E-state index in [0.717, 1.165) is 10.6 Å². The zero-order chi connectivity index (χ0) is 10.7. The average Bonchev–Trinajstić information content (AvgIpc) is 2.63. The Kier molecular flexibility index (Phi) is 3.08. The number of aromatic nitrogens is 2. The van der Waals surface area contributed by atoms with Crippen LogP contribution in [0.4, 0.5) is 5.00 Å². The average molecular weight is 239 g/mol. The molecule has 0 atom stereocenters. The molecule has 4 nitrogen and oxygen atoms in total. The summed E-state index contributed by atoms with van der Waals surface area (Å²) in [6, 6.07) is 7.18. The minimum absolute atomic E-state index is 0.282. The fourth-order valence-electron chi connectivity index (χ4n) is 1.04. The first-order valence-corrected chi connectivity index (χ1v) is 6.01. The number of phenols is 1. The van der Waals surface area contributed by atoms with Gasteiger partial charge in [-0.15, -0.1) is 16.9 Å². The molecule has 0 spiro atoms. The summed E-state index contributed by atoms with van der Waals surface area (Å²) < 4.78 is 3.75. The Morgan fingerprint density at radius 3 is 2.87 bits per heavy atom. The summed E-state index contributed by atoms with van der Waals surface area (Å²) in [6.45, 7) is 0. The van der Waals surface area contributed by atoms with Gasteiger partial charge in [-0.25, -0.2) is 0 Å². The minimum atomic E-state index is 0.282. The molecule has 2 aromatic rings. The predicted molar refractivity (Wildman–Crippen MR) is 62.0 cm³/mol. The molecule has 78 valence electrons. The van der Waals surface area contributed by atoms with Gasteiger partial charge in [0, 0.05) is 22.2 Å². The summed E-state index contributed by atoms with van der Waals surface area (Å²) in [5.74, 6) is 0.907. The normalized spacial score (nSPS) is 10.4. The maximum absolute atomic E-state index is 9.52. The molecule has 15 heavy (non-hydrogen) atoms. The second kappa shape index (κ2) is 4.50. The molecule has 0 radical (unpaired) electrons. The molecular weight excluding hydrogens is 230 g/mol. The molecule has 0 aliphatic heterocycles. The van der Waals surface area contributed by atoms with Crippen molar-refractivity contribution in [1.29, 1.82) is 0 Å². The van der Waals surface area contributed by atoms with E-state index in [2.05, 4.69) is 9.59 Å². The van der Waals surface area contributed by atoms with Gasteiger partial charge < -0.3 is 10.8 Å². The second-order valence-electron chi connectivity index (χ2n) is 2.84. The quantitative estimate of drug-likeness (QED) is 0.803. The molecule has 1 aromatic heterocycles. The minimum Gasteiger partial charge on any atom is -0.507 e. The zero-order valence-corrected chi connectivity index (χ0v) is 9.38. The third kappa shape index (κ3) is 2.40. The Balaban J connectivity index is 2.06. The summed E-state index contributed by atoms with van der Waals surface area (Å²) in [7, 11) is 0. The SMILES string of the molecule is Nc1snnc1CSc1ccccc1O. The summed E-state index contributed by atoms with van der Waals surface area (Å²) in [4.78, 5) is 0.824. The van der Waals surface area contributed by atoms with Crippen LogP contribution in [0.15, 0.2) is 29.2 Å². The van der Waals surface area contributed by atoms with Crippen molar-refractivity contribution < 1.29 is 5.11 Å². The van der Waals surface area contributed by atoms with Gasteiger partial charge in [0.1, 0.15) is 16.4 Å². The molecule has 0 aliphatic carbocycles. The lowest BCUT2D eigenvalue weighted by atomic mass is 10.3. The van der Waals surface area contributed by atoms with Crippen LogP contribution in [0.1, 0.15) is 5.69 Å². The number of phenolic OH excluding ortho intramolecular Hbond substituents is 1. The van der Waals surface area contributed by atoms with Gasteiger partial charge in [-0.2, -0.15) is 0 Å². The number of benzene rings is 1. The fraction of sp³-hybridized carbons (Fsp3) is 0.111. The van der Waals surface area contributed by atoms with Gasteiger partial charge in [0.15, 0.2) is 0 Å². The number of rotatable bonds is 3. The van der Waals surface area contributed by atoms with Crippen LogP contribution >= 0.6 is 23.3 Å². The Bertz CT molecular complexity index is 458. The number of hydrogen-bond acceptors (Lipinski definition) is 6. The van der Waals surface area contributed by atoms with E-state index in [9.17, 15) is 5.11 Å². The molecule has 0 fully saturated rings. The van der Waals surface area contributed by atoms with Crippen molar-refractivity contribution >= 4 is 28.3 Å². The fourth-order valence-corrected chi connectivity index (χ4v) is 2.47. The van der Waals surface area contributed by atoms with Crippen LogP contribution < -0.4 is 5.73 Å². The van der Waals surface area contributed by atoms with Gasteiger partial charge in [-0.3, -0.25) is 0 Å². The number of thioether (sulfide) groups is 1. The summed E-state index contributed by atoms with van der Waals surface area (Å²) in [5, 5.41) is 14.1. The van der Waals surface area contributed by atoms with Crippen LogP contribution in [0.2, 0.25) is 0 Å². The van der Waals surface area contributed by atoms with E-state index in [1.54, 1.807) is 12.1 Å². The Hall–Kier alpha value is -1.27. The first kappa shape index (κ1) is 10.3. The highest BCUT2D eigenvalue weighted by Gasteiger charge is 2.06. The smallest absolute Gasteiger partial charge is 0.131 e. The lowest BCUT2D eigenvalue weighted by Gasteiger charge is -2.01. The standard InChI is InChI=1S/C9H9N3OS2/c10-9-6(11-12-15-9)5-14-8-4-2-1-3-7(8)13/h1-4,13H,5,10H2. The van der Waals surface area contributed by atoms with Gasteiger partial charge in [-0.05, 0) is 12.1 Å². The van der Waals surface area contributed by atoms with Crippen LogP contribution in [0.3, 0.4) is 0 Å². The van der Waals surface area contributed by atoms with Crippen molar-refractivity contribution in [1.82, 2.24) is 9.59 Å². The maximum atomic E-state index is 9.52. The van der Waals surface area contributed by atoms with Crippen LogP contribution in [0.25, 0.3) is 0 Å². The Morgan fingerprint density at radius 2 is 2.20 bits per heavy atom. The number of hydrogen-bond donors (Lipinski definition) is 2. The van der Waals surface area contributed by atoms with Gasteiger partial charge in [0.25, 0.3) is 0 Å². The third-order valence-electron chi connectivity index (χ3n) is 1.81. The molecule has 0 saturated carbocycles. The van der Waals surface area contributed by atoms with Crippen molar-refractivity contribution in [3.63, 3.8) is 0 Å². The number of aromatic hydroxyl groups is 1. The monoisotopic (exact) mass is 239 g/mol. The van der Waals surface area contributed by atoms with Crippen molar-refractivity contribution in [3.05, 3.63) is 30.0 Å². The maximum Gasteiger partial charge on any atom is 0.131 e. The molecule has 3 N–H and O–H groups in total. The molecule has 2 rings (SSSR count). The van der Waals surface area contributed by atoms with E-state index in [1.807, 2.05) is 12.1 Å². The van der Waals surface area contributed by atoms with Gasteiger partial charge in [-0.1, -0.05) is 16.6 Å². The first-order valence-electron chi connectivity index (χ1n) is 4.25. The molecule has 0 bridgehead atoms. The largest absolute Gasteiger partial charge is 0.507 e. The molecule has 1 aromatic carbocycles. The van der Waals surface area contributed by atoms with Gasteiger partial charge in [0.2, 0.25) is 0 Å². The lowest BCUT2D eigenvalue weighted by Crippen LogP contribution is -1.88. The van der Waals surface area contributed by atoms with Crippen LogP contribution in [-0.2, 0) is 5.75 Å². The van der Waals surface area contributed by atoms with Crippen LogP contribution in [0.5, 0.6) is 5.75 Å². The van der Waals surface area contributed by atoms with Gasteiger partial charge in [0.05, 0.1) is 0 Å². The number of nitrogens with two attached hydrogens (primary N) is 1. The predicted octanol–water partition coefficient (Wildman–Crippen LogP) is 2.12. The van der Waals surface area contributed by atoms with E-state index in [4.69, 9.17) is 5.73 Å². The molecule has 0 aliphatic rings. The molecular formula is C9H9N3OS2. The van der Waals surface area contributed by atoms with E-state index in [-0.39, 0.29) is 5.75 Å². The summed E-state index contributed by atoms with van der Waals surface area (Å²) >= 11 is 2.68. The summed E-state index contributed by atoms with van der Waals surface area (Å²) in [5.41, 5.74) is 6.43. The lowest BCUT2D eigenvalue weighted by molar-refractivity contribution is 0.462. The molecule has 0 unspecified atom stereocenters. The Labute approximate surface area is 95.3 Å². The number of para-hydroxylation sites is 1. The van der Waals surface area contributed by atoms with Crippen LogP contribution in [-0.4, -0.2) is 14.7 Å². The van der Waals surface area contributed by atoms with Crippen molar-refractivity contribution in [2.24, 2.45) is 0 Å². The number of nitrogens with zero attached hydrogens (tertiary/aromatic N) is 2. The van der Waals surface area contributed by atoms with Crippen molar-refractivity contribution in [3.8, 4) is 5.75 Å². The molecule has 1 heterocycles. The molecule has 0 saturated heterocycles. The zero-order valence-electron chi connectivity index (χ0n) is 7.75. The third-order valence-corrected chi connectivity index (χ3v) is 3.48. The first-order chi connectivity index (χ1) is 7.27. The highest BCUT2D eigenvalue weighted by Crippen LogP contribution is 2.31. The van der Waals surface area contributed by atoms with Crippen molar-refractivity contribution in [2.75, 3.05) is 5.73 Å². The molecule has 6 heteroatoms. The van der Waals surface area contributed by atoms with E-state index < -0.39 is 0 Å². The topological polar surface area (TPSA) is 72.0 Å². The van der Waals surface area contributed by atoms with E-state index in [1.165, 1.54) is 23.3 Å². The van der Waals surface area contributed by atoms with Crippen molar-refractivity contribution in [2.45, 2.75) is 10.6 Å². The molecule has 0 amide bonds.